The summed E-state index contributed by atoms with van der Waals surface area (Å²) < 4.78 is 73.6. The first kappa shape index (κ1) is 16.2. The molecule has 1 aromatic rings. The molecule has 1 aromatic heterocycles. The van der Waals surface area contributed by atoms with E-state index >= 15 is 0 Å². The smallest absolute Gasteiger partial charge is 0.326 e. The van der Waals surface area contributed by atoms with Gasteiger partial charge in [-0.15, -0.1) is 0 Å². The third kappa shape index (κ3) is 4.08. The molecule has 0 unspecified atom stereocenters. The van der Waals surface area contributed by atoms with Crippen LogP contribution in [-0.2, 0) is 11.3 Å². The maximum atomic E-state index is 12.3. The number of nitrogens with two attached hydrogens (primary N) is 1. The van der Waals surface area contributed by atoms with E-state index in [1.54, 1.807) is 0 Å². The maximum absolute atomic E-state index is 12.3. The van der Waals surface area contributed by atoms with E-state index in [9.17, 15) is 31.1 Å². The van der Waals surface area contributed by atoms with Crippen LogP contribution in [0.3, 0.4) is 0 Å². The maximum Gasteiger partial charge on any atom is 0.409 e. The van der Waals surface area contributed by atoms with E-state index in [4.69, 9.17) is 5.73 Å². The predicted octanol–water partition coefficient (Wildman–Crippen LogP) is 2.22. The number of pyridine rings is 1. The predicted molar refractivity (Wildman–Crippen MR) is 56.4 cm³/mol. The van der Waals surface area contributed by atoms with Gasteiger partial charge >= 0.3 is 12.4 Å². The minimum absolute atomic E-state index is 0.0922. The lowest BCUT2D eigenvalue weighted by atomic mass is 10.1. The second-order valence-corrected chi connectivity index (χ2v) is 3.76. The minimum atomic E-state index is -5.74. The average molecular weight is 301 g/mol. The number of carbonyl (C=O) groups excluding carboxylic acids is 1. The molecule has 0 aliphatic carbocycles. The van der Waals surface area contributed by atoms with Crippen molar-refractivity contribution < 1.29 is 31.1 Å². The second kappa shape index (κ2) is 5.65. The molecule has 4 nitrogen and oxygen atoms in total. The summed E-state index contributed by atoms with van der Waals surface area (Å²) in [6.07, 6.45) is -10.3. The van der Waals surface area contributed by atoms with Crippen molar-refractivity contribution in [2.75, 3.05) is 5.32 Å². The van der Waals surface area contributed by atoms with Crippen LogP contribution >= 0.6 is 0 Å². The van der Waals surface area contributed by atoms with Crippen LogP contribution < -0.4 is 11.1 Å². The molecule has 20 heavy (non-hydrogen) atoms. The first-order valence-corrected chi connectivity index (χ1v) is 5.15. The van der Waals surface area contributed by atoms with Crippen LogP contribution in [0.5, 0.6) is 0 Å². The summed E-state index contributed by atoms with van der Waals surface area (Å²) in [6, 6.07) is 2.38. The Kier molecular flexibility index (Phi) is 4.58. The molecular weight excluding hydrogens is 292 g/mol. The van der Waals surface area contributed by atoms with Crippen molar-refractivity contribution in [2.45, 2.75) is 18.9 Å². The Balaban J connectivity index is 2.91. The largest absolute Gasteiger partial charge is 0.409 e. The molecule has 0 radical (unpaired) electrons. The van der Waals surface area contributed by atoms with E-state index in [2.05, 4.69) is 4.98 Å². The van der Waals surface area contributed by atoms with Crippen molar-refractivity contribution in [1.82, 2.24) is 4.98 Å². The number of hydrogen-bond acceptors (Lipinski definition) is 3. The van der Waals surface area contributed by atoms with Crippen molar-refractivity contribution in [2.24, 2.45) is 11.7 Å². The Morgan fingerprint density at radius 3 is 2.10 bits per heavy atom. The van der Waals surface area contributed by atoms with Crippen molar-refractivity contribution in [3.63, 3.8) is 0 Å². The molecule has 1 rings (SSSR count). The molecule has 1 amide bonds. The van der Waals surface area contributed by atoms with Gasteiger partial charge in [0, 0.05) is 12.7 Å². The molecule has 0 fully saturated rings. The van der Waals surface area contributed by atoms with E-state index in [1.165, 1.54) is 11.4 Å². The summed E-state index contributed by atoms with van der Waals surface area (Å²) in [5.74, 6) is -6.77. The average Bonchev–Trinajstić information content (AvgIpc) is 2.25. The highest BCUT2D eigenvalue weighted by molar-refractivity contribution is 5.92. The van der Waals surface area contributed by atoms with Gasteiger partial charge in [-0.05, 0) is 11.6 Å². The lowest BCUT2D eigenvalue weighted by Gasteiger charge is -2.21. The molecule has 112 valence electrons. The minimum Gasteiger partial charge on any atom is -0.326 e. The lowest BCUT2D eigenvalue weighted by Crippen LogP contribution is -2.45. The zero-order valence-electron chi connectivity index (χ0n) is 9.72. The molecule has 0 spiro atoms. The van der Waals surface area contributed by atoms with E-state index in [1.807, 2.05) is 0 Å². The normalized spacial score (nSPS) is 12.6. The number of nitrogens with zero attached hydrogens (tertiary/aromatic N) is 1. The summed E-state index contributed by atoms with van der Waals surface area (Å²) >= 11 is 0. The Morgan fingerprint density at radius 2 is 1.75 bits per heavy atom. The van der Waals surface area contributed by atoms with Crippen LogP contribution in [0, 0.1) is 5.92 Å². The highest BCUT2D eigenvalue weighted by atomic mass is 19.4. The molecule has 0 saturated heterocycles. The van der Waals surface area contributed by atoms with Crippen LogP contribution in [0.4, 0.5) is 32.2 Å². The van der Waals surface area contributed by atoms with Gasteiger partial charge in [-0.2, -0.15) is 26.3 Å². The lowest BCUT2D eigenvalue weighted by molar-refractivity contribution is -0.272. The first-order chi connectivity index (χ1) is 9.05. The zero-order valence-corrected chi connectivity index (χ0v) is 9.72. The second-order valence-electron chi connectivity index (χ2n) is 3.76. The molecule has 3 N–H and O–H groups in total. The van der Waals surface area contributed by atoms with Crippen LogP contribution in [0.15, 0.2) is 18.3 Å². The number of carbonyl (C=O) groups is 1. The van der Waals surface area contributed by atoms with E-state index < -0.39 is 30.0 Å². The number of amides is 1. The fourth-order valence-electron chi connectivity index (χ4n) is 1.30. The molecule has 1 heterocycles. The summed E-state index contributed by atoms with van der Waals surface area (Å²) in [7, 11) is 0. The molecule has 0 aliphatic rings. The SMILES string of the molecule is NCc1ccc(NC(=O)C(C(F)(F)F)C(F)(F)F)nc1. The Hall–Kier alpha value is -1.84. The van der Waals surface area contributed by atoms with Gasteiger partial charge < -0.3 is 11.1 Å². The highest BCUT2D eigenvalue weighted by Gasteiger charge is 2.61. The van der Waals surface area contributed by atoms with Crippen molar-refractivity contribution in [3.05, 3.63) is 23.9 Å². The topological polar surface area (TPSA) is 68.0 Å². The quantitative estimate of drug-likeness (QED) is 0.841. The first-order valence-electron chi connectivity index (χ1n) is 5.15. The van der Waals surface area contributed by atoms with Gasteiger partial charge in [0.05, 0.1) is 0 Å². The Morgan fingerprint density at radius 1 is 1.20 bits per heavy atom. The molecular formula is C10H9F6N3O. The number of halogens is 6. The summed E-state index contributed by atoms with van der Waals surface area (Å²) in [6.45, 7) is 0.0922. The monoisotopic (exact) mass is 301 g/mol. The third-order valence-electron chi connectivity index (χ3n) is 2.23. The van der Waals surface area contributed by atoms with Crippen LogP contribution in [0.2, 0.25) is 0 Å². The molecule has 0 aliphatic heterocycles. The van der Waals surface area contributed by atoms with Crippen molar-refractivity contribution in [1.29, 1.82) is 0 Å². The summed E-state index contributed by atoms with van der Waals surface area (Å²) in [4.78, 5) is 14.6. The van der Waals surface area contributed by atoms with Crippen molar-refractivity contribution in [3.8, 4) is 0 Å². The number of nitrogens with one attached hydrogen (secondary N) is 1. The number of aromatic nitrogens is 1. The molecule has 0 bridgehead atoms. The highest BCUT2D eigenvalue weighted by Crippen LogP contribution is 2.39. The van der Waals surface area contributed by atoms with Crippen LogP contribution in [0.25, 0.3) is 0 Å². The number of alkyl halides is 6. The van der Waals surface area contributed by atoms with Gasteiger partial charge in [0.1, 0.15) is 5.82 Å². The van der Waals surface area contributed by atoms with E-state index in [0.717, 1.165) is 12.3 Å². The molecule has 10 heteroatoms. The summed E-state index contributed by atoms with van der Waals surface area (Å²) in [5, 5.41) is 1.48. The molecule has 0 saturated carbocycles. The van der Waals surface area contributed by atoms with Gasteiger partial charge in [-0.3, -0.25) is 4.79 Å². The van der Waals surface area contributed by atoms with E-state index in [0.29, 0.717) is 5.56 Å². The number of anilines is 1. The third-order valence-corrected chi connectivity index (χ3v) is 2.23. The van der Waals surface area contributed by atoms with Gasteiger partial charge in [0.15, 0.2) is 0 Å². The van der Waals surface area contributed by atoms with Crippen molar-refractivity contribution >= 4 is 11.7 Å². The summed E-state index contributed by atoms with van der Waals surface area (Å²) in [5.41, 5.74) is 5.74. The standard InChI is InChI=1S/C10H9F6N3O/c11-9(12,13)7(10(14,15)16)8(20)19-6-2-1-5(3-17)4-18-6/h1-2,4,7H,3,17H2,(H,18,19,20). The molecule has 0 atom stereocenters. The van der Waals surface area contributed by atoms with Crippen LogP contribution in [-0.4, -0.2) is 23.2 Å². The van der Waals surface area contributed by atoms with Crippen LogP contribution in [0.1, 0.15) is 5.56 Å². The Labute approximate surface area is 109 Å². The number of rotatable bonds is 3. The van der Waals surface area contributed by atoms with E-state index in [-0.39, 0.29) is 6.54 Å². The fourth-order valence-corrected chi connectivity index (χ4v) is 1.30. The fraction of sp³-hybridized carbons (Fsp3) is 0.400. The van der Waals surface area contributed by atoms with Gasteiger partial charge in [-0.25, -0.2) is 4.98 Å². The van der Waals surface area contributed by atoms with Gasteiger partial charge in [0.2, 0.25) is 11.8 Å². The van der Waals surface area contributed by atoms with Gasteiger partial charge in [0.25, 0.3) is 0 Å². The van der Waals surface area contributed by atoms with Gasteiger partial charge in [-0.1, -0.05) is 6.07 Å². The molecule has 0 aromatic carbocycles. The zero-order chi connectivity index (χ0) is 15.6. The Bertz CT molecular complexity index is 453. The number of hydrogen-bond donors (Lipinski definition) is 2.